The Labute approximate surface area is 184 Å². The van der Waals surface area contributed by atoms with Crippen molar-refractivity contribution in [2.75, 3.05) is 6.54 Å². The van der Waals surface area contributed by atoms with Crippen LogP contribution in [0.15, 0.2) is 59.0 Å². The number of carbonyl (C=O) groups is 1. The molecule has 2 aromatic heterocycles. The summed E-state index contributed by atoms with van der Waals surface area (Å²) in [7, 11) is 0. The number of para-hydroxylation sites is 1. The summed E-state index contributed by atoms with van der Waals surface area (Å²) in [5.41, 5.74) is 4.81. The molecule has 0 aliphatic rings. The SMILES string of the molecule is Cc1nc(-c2ccc(CCNC(=O)CCn3cnc4c(C)cccc4c3=O)cc2)cs1. The number of benzene rings is 2. The summed E-state index contributed by atoms with van der Waals surface area (Å²) >= 11 is 1.64. The van der Waals surface area contributed by atoms with E-state index in [2.05, 4.69) is 44.9 Å². The first-order chi connectivity index (χ1) is 15.0. The number of hydrogen-bond acceptors (Lipinski definition) is 5. The molecule has 0 bridgehead atoms. The van der Waals surface area contributed by atoms with Crippen LogP contribution in [0.25, 0.3) is 22.2 Å². The van der Waals surface area contributed by atoms with E-state index in [1.54, 1.807) is 17.4 Å². The molecule has 2 aromatic carbocycles. The number of aryl methyl sites for hydroxylation is 3. The summed E-state index contributed by atoms with van der Waals surface area (Å²) in [6.07, 6.45) is 2.51. The van der Waals surface area contributed by atoms with Gasteiger partial charge in [-0.2, -0.15) is 0 Å². The zero-order valence-corrected chi connectivity index (χ0v) is 18.4. The number of aromatic nitrogens is 3. The van der Waals surface area contributed by atoms with Crippen LogP contribution in [0, 0.1) is 13.8 Å². The fourth-order valence-corrected chi connectivity index (χ4v) is 4.11. The van der Waals surface area contributed by atoms with Gasteiger partial charge < -0.3 is 5.32 Å². The van der Waals surface area contributed by atoms with Crippen LogP contribution in [0.1, 0.15) is 22.6 Å². The Balaban J connectivity index is 1.28. The van der Waals surface area contributed by atoms with Crippen LogP contribution in [-0.2, 0) is 17.8 Å². The maximum absolute atomic E-state index is 12.6. The molecule has 0 saturated heterocycles. The first-order valence-corrected chi connectivity index (χ1v) is 11.1. The lowest BCUT2D eigenvalue weighted by molar-refractivity contribution is -0.121. The van der Waals surface area contributed by atoms with Gasteiger partial charge in [-0.3, -0.25) is 14.2 Å². The van der Waals surface area contributed by atoms with E-state index in [1.807, 2.05) is 26.0 Å². The molecule has 0 radical (unpaired) electrons. The molecule has 4 aromatic rings. The Morgan fingerprint density at radius 1 is 1.13 bits per heavy atom. The summed E-state index contributed by atoms with van der Waals surface area (Å²) < 4.78 is 1.50. The molecule has 4 rings (SSSR count). The van der Waals surface area contributed by atoms with E-state index < -0.39 is 0 Å². The van der Waals surface area contributed by atoms with Crippen molar-refractivity contribution in [2.45, 2.75) is 33.2 Å². The minimum atomic E-state index is -0.114. The number of fused-ring (bicyclic) bond motifs is 1. The first kappa shape index (κ1) is 20.9. The van der Waals surface area contributed by atoms with Gasteiger partial charge in [-0.25, -0.2) is 9.97 Å². The monoisotopic (exact) mass is 432 g/mol. The van der Waals surface area contributed by atoms with Gasteiger partial charge in [-0.15, -0.1) is 11.3 Å². The number of nitrogens with zero attached hydrogens (tertiary/aromatic N) is 3. The second-order valence-electron chi connectivity index (χ2n) is 7.51. The van der Waals surface area contributed by atoms with Crippen molar-refractivity contribution < 1.29 is 4.79 Å². The molecule has 31 heavy (non-hydrogen) atoms. The quantitative estimate of drug-likeness (QED) is 0.481. The molecular weight excluding hydrogens is 408 g/mol. The van der Waals surface area contributed by atoms with E-state index in [4.69, 9.17) is 0 Å². The summed E-state index contributed by atoms with van der Waals surface area (Å²) in [5.74, 6) is -0.0780. The topological polar surface area (TPSA) is 76.9 Å². The molecule has 0 spiro atoms. The summed E-state index contributed by atoms with van der Waals surface area (Å²) in [6, 6.07) is 13.8. The lowest BCUT2D eigenvalue weighted by Crippen LogP contribution is -2.29. The molecule has 0 aliphatic carbocycles. The highest BCUT2D eigenvalue weighted by Crippen LogP contribution is 2.21. The highest BCUT2D eigenvalue weighted by molar-refractivity contribution is 7.09. The van der Waals surface area contributed by atoms with E-state index in [0.717, 1.165) is 33.8 Å². The minimum Gasteiger partial charge on any atom is -0.356 e. The standard InChI is InChI=1S/C24H24N4O2S/c1-16-4-3-5-20-23(16)26-15-28(24(20)30)13-11-22(29)25-12-10-18-6-8-19(9-7-18)21-14-31-17(2)27-21/h3-9,14-15H,10-13H2,1-2H3,(H,25,29). The molecule has 2 heterocycles. The van der Waals surface area contributed by atoms with Crippen molar-refractivity contribution in [2.24, 2.45) is 0 Å². The molecule has 0 saturated carbocycles. The van der Waals surface area contributed by atoms with Gasteiger partial charge in [-0.05, 0) is 37.5 Å². The van der Waals surface area contributed by atoms with Crippen LogP contribution in [0.3, 0.4) is 0 Å². The maximum atomic E-state index is 12.6. The first-order valence-electron chi connectivity index (χ1n) is 10.2. The molecule has 6 nitrogen and oxygen atoms in total. The lowest BCUT2D eigenvalue weighted by atomic mass is 10.1. The van der Waals surface area contributed by atoms with Crippen LogP contribution in [0.5, 0.6) is 0 Å². The van der Waals surface area contributed by atoms with Crippen LogP contribution in [0.4, 0.5) is 0 Å². The smallest absolute Gasteiger partial charge is 0.261 e. The van der Waals surface area contributed by atoms with Crippen LogP contribution < -0.4 is 10.9 Å². The van der Waals surface area contributed by atoms with E-state index in [1.165, 1.54) is 10.9 Å². The Morgan fingerprint density at radius 2 is 1.94 bits per heavy atom. The van der Waals surface area contributed by atoms with Crippen molar-refractivity contribution in [3.05, 3.63) is 80.7 Å². The van der Waals surface area contributed by atoms with Gasteiger partial charge in [0.2, 0.25) is 5.91 Å². The van der Waals surface area contributed by atoms with Crippen molar-refractivity contribution in [1.29, 1.82) is 0 Å². The van der Waals surface area contributed by atoms with Gasteiger partial charge in [0.25, 0.3) is 5.56 Å². The van der Waals surface area contributed by atoms with Crippen LogP contribution in [0.2, 0.25) is 0 Å². The second kappa shape index (κ2) is 9.22. The highest BCUT2D eigenvalue weighted by atomic mass is 32.1. The fourth-order valence-electron chi connectivity index (χ4n) is 3.49. The number of hydrogen-bond donors (Lipinski definition) is 1. The summed E-state index contributed by atoms with van der Waals surface area (Å²) in [5, 5.41) is 6.63. The third-order valence-electron chi connectivity index (χ3n) is 5.24. The third kappa shape index (κ3) is 4.88. The minimum absolute atomic E-state index is 0.0780. The Kier molecular flexibility index (Phi) is 6.23. The van der Waals surface area contributed by atoms with Crippen molar-refractivity contribution >= 4 is 28.1 Å². The van der Waals surface area contributed by atoms with Gasteiger partial charge in [-0.1, -0.05) is 36.4 Å². The van der Waals surface area contributed by atoms with Crippen LogP contribution >= 0.6 is 11.3 Å². The number of carbonyl (C=O) groups excluding carboxylic acids is 1. The van der Waals surface area contributed by atoms with Gasteiger partial charge in [0.15, 0.2) is 0 Å². The Bertz CT molecular complexity index is 1270. The fraction of sp³-hybridized carbons (Fsp3) is 0.250. The van der Waals surface area contributed by atoms with Crippen molar-refractivity contribution in [3.8, 4) is 11.3 Å². The van der Waals surface area contributed by atoms with Gasteiger partial charge in [0, 0.05) is 30.5 Å². The molecule has 1 amide bonds. The predicted octanol–water partition coefficient (Wildman–Crippen LogP) is 3.89. The maximum Gasteiger partial charge on any atom is 0.261 e. The molecule has 7 heteroatoms. The summed E-state index contributed by atoms with van der Waals surface area (Å²) in [6.45, 7) is 4.79. The zero-order chi connectivity index (χ0) is 21.8. The average Bonchev–Trinajstić information content (AvgIpc) is 3.20. The van der Waals surface area contributed by atoms with Gasteiger partial charge in [0.1, 0.15) is 0 Å². The van der Waals surface area contributed by atoms with Crippen molar-refractivity contribution in [3.63, 3.8) is 0 Å². The number of amides is 1. The molecule has 0 unspecified atom stereocenters. The van der Waals surface area contributed by atoms with Crippen LogP contribution in [-0.4, -0.2) is 27.0 Å². The lowest BCUT2D eigenvalue weighted by Gasteiger charge is -2.09. The highest BCUT2D eigenvalue weighted by Gasteiger charge is 2.08. The molecule has 0 fully saturated rings. The second-order valence-corrected chi connectivity index (χ2v) is 8.58. The molecule has 1 N–H and O–H groups in total. The largest absolute Gasteiger partial charge is 0.356 e. The van der Waals surface area contributed by atoms with E-state index in [0.29, 0.717) is 24.0 Å². The predicted molar refractivity (Wildman–Crippen MR) is 124 cm³/mol. The van der Waals surface area contributed by atoms with Gasteiger partial charge in [0.05, 0.1) is 27.9 Å². The molecular formula is C24H24N4O2S. The van der Waals surface area contributed by atoms with E-state index in [9.17, 15) is 9.59 Å². The third-order valence-corrected chi connectivity index (χ3v) is 6.01. The molecule has 158 valence electrons. The van der Waals surface area contributed by atoms with Crippen molar-refractivity contribution in [1.82, 2.24) is 19.9 Å². The average molecular weight is 433 g/mol. The number of thiazole rings is 1. The summed E-state index contributed by atoms with van der Waals surface area (Å²) in [4.78, 5) is 33.7. The number of rotatable bonds is 7. The Morgan fingerprint density at radius 3 is 2.68 bits per heavy atom. The van der Waals surface area contributed by atoms with Gasteiger partial charge >= 0.3 is 0 Å². The Hall–Kier alpha value is -3.32. The van der Waals surface area contributed by atoms with E-state index >= 15 is 0 Å². The normalized spacial score (nSPS) is 11.0. The zero-order valence-electron chi connectivity index (χ0n) is 17.6. The number of nitrogens with one attached hydrogen (secondary N) is 1. The van der Waals surface area contributed by atoms with E-state index in [-0.39, 0.29) is 17.9 Å². The molecule has 0 atom stereocenters. The molecule has 0 aliphatic heterocycles.